The van der Waals surface area contributed by atoms with Gasteiger partial charge in [-0.05, 0) is 30.7 Å². The van der Waals surface area contributed by atoms with Gasteiger partial charge in [-0.25, -0.2) is 16.5 Å². The van der Waals surface area contributed by atoms with Crippen LogP contribution in [0.15, 0.2) is 31.0 Å². The third-order valence-electron chi connectivity index (χ3n) is 4.63. The van der Waals surface area contributed by atoms with E-state index >= 15 is 0 Å². The Balaban J connectivity index is 1.68. The molecule has 0 saturated heterocycles. The van der Waals surface area contributed by atoms with Crippen LogP contribution in [0.1, 0.15) is 36.3 Å². The molecule has 3 heterocycles. The van der Waals surface area contributed by atoms with Crippen LogP contribution >= 0.6 is 0 Å². The molecule has 0 amide bonds. The first-order valence-electron chi connectivity index (χ1n) is 9.48. The molecule has 1 N–H and O–H groups in total. The molecule has 0 aromatic carbocycles. The van der Waals surface area contributed by atoms with Crippen molar-refractivity contribution in [1.29, 1.82) is 0 Å². The molecule has 6 nitrogen and oxygen atoms in total. The summed E-state index contributed by atoms with van der Waals surface area (Å²) in [6, 6.07) is 1.65. The van der Waals surface area contributed by atoms with Gasteiger partial charge in [0.05, 0.1) is 11.9 Å². The maximum Gasteiger partial charge on any atom is 0.237 e. The normalized spacial score (nSPS) is 28.8. The van der Waals surface area contributed by atoms with Crippen LogP contribution in [-0.4, -0.2) is 31.3 Å². The van der Waals surface area contributed by atoms with E-state index < -0.39 is 12.3 Å². The molecule has 1 fully saturated rings. The van der Waals surface area contributed by atoms with Crippen LogP contribution in [0.25, 0.3) is 27.1 Å². The summed E-state index contributed by atoms with van der Waals surface area (Å²) < 4.78 is 26.4. The molecule has 4 rings (SSSR count). The van der Waals surface area contributed by atoms with E-state index in [1.165, 1.54) is 6.33 Å². The third-order valence-corrected chi connectivity index (χ3v) is 4.63. The molecule has 3 atom stereocenters. The highest BCUT2D eigenvalue weighted by atomic mass is 15.3. The van der Waals surface area contributed by atoms with E-state index in [0.717, 1.165) is 22.3 Å². The van der Waals surface area contributed by atoms with Gasteiger partial charge in [0.2, 0.25) is 6.54 Å². The van der Waals surface area contributed by atoms with Crippen molar-refractivity contribution < 1.29 is 4.11 Å². The van der Waals surface area contributed by atoms with Gasteiger partial charge in [-0.3, -0.25) is 4.68 Å². The molecule has 1 saturated carbocycles. The fraction of sp³-hybridized carbons (Fsp3) is 0.444. The first-order valence-corrected chi connectivity index (χ1v) is 7.98. The summed E-state index contributed by atoms with van der Waals surface area (Å²) in [5.41, 5.74) is 2.34. The smallest absolute Gasteiger partial charge is 0.237 e. The van der Waals surface area contributed by atoms with Crippen molar-refractivity contribution in [3.63, 3.8) is 0 Å². The summed E-state index contributed by atoms with van der Waals surface area (Å²) in [6.07, 6.45) is 5.99. The van der Waals surface area contributed by atoms with Crippen molar-refractivity contribution in [3.8, 4) is 11.3 Å². The molecular formula is C18H20N6. The van der Waals surface area contributed by atoms with Gasteiger partial charge < -0.3 is 9.83 Å². The zero-order valence-electron chi connectivity index (χ0n) is 16.4. The molecule has 0 aliphatic heterocycles. The van der Waals surface area contributed by atoms with E-state index in [1.807, 2.05) is 18.5 Å². The van der Waals surface area contributed by atoms with Crippen LogP contribution in [0.4, 0.5) is 0 Å². The number of rotatable bonds is 4. The number of H-pyrrole nitrogens is 1. The molecule has 0 radical (unpaired) electrons. The Labute approximate surface area is 145 Å². The van der Waals surface area contributed by atoms with Crippen molar-refractivity contribution in [2.45, 2.75) is 32.2 Å². The first-order chi connectivity index (χ1) is 12.8. The van der Waals surface area contributed by atoms with Crippen molar-refractivity contribution in [2.75, 3.05) is 6.54 Å². The summed E-state index contributed by atoms with van der Waals surface area (Å²) in [6.45, 7) is 9.17. The van der Waals surface area contributed by atoms with Crippen LogP contribution < -0.4 is 0 Å². The Morgan fingerprint density at radius 2 is 2.50 bits per heavy atom. The Morgan fingerprint density at radius 1 is 1.58 bits per heavy atom. The summed E-state index contributed by atoms with van der Waals surface area (Å²) in [7, 11) is 0. The quantitative estimate of drug-likeness (QED) is 0.744. The molecule has 6 heteroatoms. The van der Waals surface area contributed by atoms with Crippen molar-refractivity contribution in [3.05, 3.63) is 42.4 Å². The first kappa shape index (κ1) is 11.8. The Bertz CT molecular complexity index is 999. The van der Waals surface area contributed by atoms with Crippen LogP contribution in [0.3, 0.4) is 0 Å². The number of hydrogen-bond donors (Lipinski definition) is 1. The molecule has 24 heavy (non-hydrogen) atoms. The number of hydrogen-bond acceptors (Lipinski definition) is 3. The van der Waals surface area contributed by atoms with Crippen LogP contribution in [0.2, 0.25) is 0 Å². The lowest BCUT2D eigenvalue weighted by Gasteiger charge is -2.19. The zero-order chi connectivity index (χ0) is 19.2. The van der Waals surface area contributed by atoms with Gasteiger partial charge in [0.15, 0.2) is 0 Å². The van der Waals surface area contributed by atoms with E-state index in [2.05, 4.69) is 24.9 Å². The van der Waals surface area contributed by atoms with Gasteiger partial charge in [-0.1, -0.05) is 13.3 Å². The number of fused-ring (bicyclic) bond motifs is 1. The minimum absolute atomic E-state index is 0.109. The van der Waals surface area contributed by atoms with Gasteiger partial charge in [0.25, 0.3) is 0 Å². The lowest BCUT2D eigenvalue weighted by molar-refractivity contribution is 0.322. The molecule has 2 unspecified atom stereocenters. The summed E-state index contributed by atoms with van der Waals surface area (Å²) in [5, 5.41) is 5.36. The minimum atomic E-state index is -1.57. The Morgan fingerprint density at radius 3 is 3.29 bits per heavy atom. The number of nitrogens with one attached hydrogen (secondary N) is 1. The molecule has 0 bridgehead atoms. The third kappa shape index (κ3) is 2.56. The maximum absolute atomic E-state index is 8.32. The summed E-state index contributed by atoms with van der Waals surface area (Å²) >= 11 is 0. The largest absolute Gasteiger partial charge is 0.346 e. The molecular weight excluding hydrogens is 300 g/mol. The van der Waals surface area contributed by atoms with E-state index in [0.29, 0.717) is 6.42 Å². The molecule has 122 valence electrons. The van der Waals surface area contributed by atoms with Crippen LogP contribution in [-0.2, 0) is 0 Å². The topological polar surface area (TPSA) is 63.8 Å². The Hall–Kier alpha value is -2.68. The average molecular weight is 323 g/mol. The standard InChI is InChI=1S/C18H20N6/c1-12-3-4-13(7-12)16(9-19-2)24-10-14(8-23-24)17-15-5-6-20-18(15)22-11-21-17/h5-6,8,10-13,16H,3-4,7,9H2,1H3,(H,20,21,22)/t12?,13?,16-/m1/s1/i3D2,12D. The predicted molar refractivity (Wildman–Crippen MR) is 92.1 cm³/mol. The molecule has 0 spiro atoms. The summed E-state index contributed by atoms with van der Waals surface area (Å²) in [4.78, 5) is 15.2. The number of nitrogens with zero attached hydrogens (tertiary/aromatic N) is 5. The van der Waals surface area contributed by atoms with Crippen molar-refractivity contribution in [2.24, 2.45) is 11.8 Å². The van der Waals surface area contributed by atoms with E-state index in [9.17, 15) is 0 Å². The minimum Gasteiger partial charge on any atom is -0.346 e. The zero-order valence-corrected chi connectivity index (χ0v) is 13.4. The van der Waals surface area contributed by atoms with Crippen molar-refractivity contribution >= 4 is 11.0 Å². The Kier molecular flexibility index (Phi) is 2.99. The number of aromatic nitrogens is 5. The maximum atomic E-state index is 8.32. The van der Waals surface area contributed by atoms with Crippen molar-refractivity contribution in [1.82, 2.24) is 24.7 Å². The van der Waals surface area contributed by atoms with Crippen LogP contribution in [0, 0.1) is 18.4 Å². The SMILES string of the molecule is [2H]C1([2H])CC([C@@H](C[N+]#[C-])n2cc(-c3ncnc4[nH]ccc34)cn2)CC1([2H])C. The van der Waals surface area contributed by atoms with E-state index in [-0.39, 0.29) is 24.9 Å². The second-order valence-corrected chi connectivity index (χ2v) is 6.20. The predicted octanol–water partition coefficient (Wildman–Crippen LogP) is 3.72. The van der Waals surface area contributed by atoms with Gasteiger partial charge in [-0.2, -0.15) is 5.10 Å². The molecule has 1 aliphatic carbocycles. The number of aromatic amines is 1. The highest BCUT2D eigenvalue weighted by Gasteiger charge is 2.32. The van der Waals surface area contributed by atoms with E-state index in [1.54, 1.807) is 17.8 Å². The van der Waals surface area contributed by atoms with Gasteiger partial charge >= 0.3 is 0 Å². The van der Waals surface area contributed by atoms with Gasteiger partial charge in [0.1, 0.15) is 18.0 Å². The average Bonchev–Trinajstić information content (AvgIpc) is 3.31. The fourth-order valence-corrected chi connectivity index (χ4v) is 3.40. The van der Waals surface area contributed by atoms with Gasteiger partial charge in [-0.15, -0.1) is 0 Å². The molecule has 3 aromatic rings. The lowest BCUT2D eigenvalue weighted by atomic mass is 9.97. The monoisotopic (exact) mass is 323 g/mol. The lowest BCUT2D eigenvalue weighted by Crippen LogP contribution is -2.20. The molecule has 3 aromatic heterocycles. The highest BCUT2D eigenvalue weighted by Crippen LogP contribution is 2.38. The highest BCUT2D eigenvalue weighted by molar-refractivity contribution is 5.89. The summed E-state index contributed by atoms with van der Waals surface area (Å²) in [5.74, 6) is -1.26. The molecule has 1 aliphatic rings. The van der Waals surface area contributed by atoms with E-state index in [4.69, 9.17) is 10.7 Å². The second kappa shape index (κ2) is 6.08. The van der Waals surface area contributed by atoms with Gasteiger partial charge in [0, 0.05) is 27.5 Å². The fourth-order valence-electron chi connectivity index (χ4n) is 3.40. The van der Waals surface area contributed by atoms with Crippen LogP contribution in [0.5, 0.6) is 0 Å². The second-order valence-electron chi connectivity index (χ2n) is 6.20.